The maximum atomic E-state index is 12.0. The maximum absolute atomic E-state index is 12.0. The molecule has 34 heavy (non-hydrogen) atoms. The molecule has 2 N–H and O–H groups in total. The van der Waals surface area contributed by atoms with Gasteiger partial charge in [-0.05, 0) is 79.4 Å². The van der Waals surface area contributed by atoms with Gasteiger partial charge in [-0.15, -0.1) is 0 Å². The molecular formula is C31H39NO2. The molecule has 0 amide bonds. The van der Waals surface area contributed by atoms with Crippen molar-refractivity contribution in [3.63, 3.8) is 0 Å². The van der Waals surface area contributed by atoms with Crippen LogP contribution in [0.4, 0.5) is 0 Å². The third-order valence-electron chi connectivity index (χ3n) is 7.55. The third kappa shape index (κ3) is 5.60. The van der Waals surface area contributed by atoms with Crippen LogP contribution in [0.3, 0.4) is 0 Å². The van der Waals surface area contributed by atoms with Crippen molar-refractivity contribution in [2.24, 2.45) is 5.92 Å². The maximum Gasteiger partial charge on any atom is 0.117 e. The van der Waals surface area contributed by atoms with Crippen LogP contribution in [0, 0.1) is 5.92 Å². The first-order valence-corrected chi connectivity index (χ1v) is 12.8. The second-order valence-corrected chi connectivity index (χ2v) is 10.1. The van der Waals surface area contributed by atoms with E-state index in [0.29, 0.717) is 5.92 Å². The topological polar surface area (TPSA) is 43.7 Å². The van der Waals surface area contributed by atoms with Gasteiger partial charge in [0.15, 0.2) is 0 Å². The van der Waals surface area contributed by atoms with Crippen LogP contribution in [0.1, 0.15) is 73.8 Å². The highest BCUT2D eigenvalue weighted by molar-refractivity contribution is 5.37. The van der Waals surface area contributed by atoms with Gasteiger partial charge >= 0.3 is 0 Å². The number of rotatable bonds is 9. The molecule has 0 spiro atoms. The summed E-state index contributed by atoms with van der Waals surface area (Å²) in [7, 11) is 0. The molecule has 0 aromatic heterocycles. The average molecular weight is 458 g/mol. The molecule has 3 aromatic carbocycles. The van der Waals surface area contributed by atoms with Crippen LogP contribution >= 0.6 is 0 Å². The Labute approximate surface area is 205 Å². The molecule has 1 fully saturated rings. The summed E-state index contributed by atoms with van der Waals surface area (Å²) in [5.41, 5.74) is 3.31. The molecule has 3 aromatic rings. The van der Waals surface area contributed by atoms with Crippen molar-refractivity contribution in [2.75, 3.05) is 19.6 Å². The highest BCUT2D eigenvalue weighted by atomic mass is 16.3. The molecule has 4 rings (SSSR count). The van der Waals surface area contributed by atoms with Gasteiger partial charge in [-0.3, -0.25) is 0 Å². The summed E-state index contributed by atoms with van der Waals surface area (Å²) >= 11 is 0. The van der Waals surface area contributed by atoms with Gasteiger partial charge < -0.3 is 15.1 Å². The Morgan fingerprint density at radius 2 is 1.29 bits per heavy atom. The first-order valence-electron chi connectivity index (χ1n) is 12.8. The smallest absolute Gasteiger partial charge is 0.117 e. The zero-order valence-electron chi connectivity index (χ0n) is 20.6. The molecule has 180 valence electrons. The first kappa shape index (κ1) is 24.7. The summed E-state index contributed by atoms with van der Waals surface area (Å²) < 4.78 is 0. The predicted octanol–water partition coefficient (Wildman–Crippen LogP) is 6.27. The Hall–Kier alpha value is -2.46. The molecule has 3 heteroatoms. The number of benzene rings is 3. The Morgan fingerprint density at radius 1 is 0.794 bits per heavy atom. The fraction of sp³-hybridized carbons (Fsp3) is 0.419. The number of hydrogen-bond acceptors (Lipinski definition) is 3. The number of hydrogen-bond donors (Lipinski definition) is 2. The third-order valence-corrected chi connectivity index (χ3v) is 7.55. The quantitative estimate of drug-likeness (QED) is 0.398. The molecule has 3 nitrogen and oxygen atoms in total. The lowest BCUT2D eigenvalue weighted by molar-refractivity contribution is -0.0146. The largest absolute Gasteiger partial charge is 0.388 e. The van der Waals surface area contributed by atoms with Gasteiger partial charge in [-0.1, -0.05) is 98.8 Å². The van der Waals surface area contributed by atoms with Crippen LogP contribution in [0.15, 0.2) is 84.9 Å². The molecule has 0 aliphatic carbocycles. The monoisotopic (exact) mass is 457 g/mol. The van der Waals surface area contributed by atoms with Gasteiger partial charge in [0.25, 0.3) is 0 Å². The van der Waals surface area contributed by atoms with Crippen LogP contribution in [0.2, 0.25) is 0 Å². The number of likely N-dealkylation sites (tertiary alicyclic amines) is 1. The minimum absolute atomic E-state index is 0.179. The van der Waals surface area contributed by atoms with Gasteiger partial charge in [0.2, 0.25) is 0 Å². The van der Waals surface area contributed by atoms with Crippen LogP contribution in [0.5, 0.6) is 0 Å². The summed E-state index contributed by atoms with van der Waals surface area (Å²) in [4.78, 5) is 2.49. The van der Waals surface area contributed by atoms with Crippen molar-refractivity contribution in [1.82, 2.24) is 4.90 Å². The van der Waals surface area contributed by atoms with Gasteiger partial charge in [0.05, 0.1) is 6.10 Å². The highest BCUT2D eigenvalue weighted by Crippen LogP contribution is 2.42. The van der Waals surface area contributed by atoms with Crippen molar-refractivity contribution >= 4 is 0 Å². The van der Waals surface area contributed by atoms with Crippen LogP contribution in [0.25, 0.3) is 0 Å². The van der Waals surface area contributed by atoms with E-state index in [1.165, 1.54) is 5.56 Å². The molecule has 1 saturated heterocycles. The minimum atomic E-state index is -0.965. The second kappa shape index (κ2) is 11.3. The lowest BCUT2D eigenvalue weighted by atomic mass is 9.72. The zero-order chi connectivity index (χ0) is 24.0. The van der Waals surface area contributed by atoms with E-state index in [-0.39, 0.29) is 5.92 Å². The molecule has 1 atom stereocenters. The summed E-state index contributed by atoms with van der Waals surface area (Å²) in [5.74, 6) is 0.689. The lowest BCUT2D eigenvalue weighted by Crippen LogP contribution is -2.44. The Balaban J connectivity index is 1.32. The van der Waals surface area contributed by atoms with Crippen LogP contribution in [-0.4, -0.2) is 34.7 Å². The van der Waals surface area contributed by atoms with Crippen molar-refractivity contribution in [1.29, 1.82) is 0 Å². The normalized spacial score (nSPS) is 16.6. The van der Waals surface area contributed by atoms with Crippen molar-refractivity contribution in [2.45, 2.75) is 57.2 Å². The zero-order valence-corrected chi connectivity index (χ0v) is 20.6. The SMILES string of the molecule is CC(C)c1ccc([C@@H](O)CCCN2CCC(C(O)(c3ccccc3)c3ccccc3)CC2)cc1. The van der Waals surface area contributed by atoms with E-state index in [4.69, 9.17) is 0 Å². The molecule has 0 unspecified atom stereocenters. The van der Waals surface area contributed by atoms with Crippen LogP contribution in [-0.2, 0) is 5.60 Å². The predicted molar refractivity (Wildman–Crippen MR) is 140 cm³/mol. The van der Waals surface area contributed by atoms with E-state index >= 15 is 0 Å². The Morgan fingerprint density at radius 3 is 1.79 bits per heavy atom. The number of aliphatic hydroxyl groups is 2. The lowest BCUT2D eigenvalue weighted by Gasteiger charge is -2.42. The van der Waals surface area contributed by atoms with Crippen molar-refractivity contribution in [3.8, 4) is 0 Å². The average Bonchev–Trinajstić information content (AvgIpc) is 2.89. The number of piperidine rings is 1. The Bertz CT molecular complexity index is 953. The van der Waals surface area contributed by atoms with Crippen molar-refractivity contribution in [3.05, 3.63) is 107 Å². The van der Waals surface area contributed by atoms with Gasteiger partial charge in [0, 0.05) is 0 Å². The van der Waals surface area contributed by atoms with Crippen molar-refractivity contribution < 1.29 is 10.2 Å². The highest BCUT2D eigenvalue weighted by Gasteiger charge is 2.41. The van der Waals surface area contributed by atoms with Gasteiger partial charge in [-0.25, -0.2) is 0 Å². The molecule has 0 saturated carbocycles. The summed E-state index contributed by atoms with van der Waals surface area (Å²) in [5, 5.41) is 22.7. The van der Waals surface area contributed by atoms with E-state index in [9.17, 15) is 10.2 Å². The molecule has 1 aliphatic rings. The van der Waals surface area contributed by atoms with E-state index in [0.717, 1.165) is 62.0 Å². The van der Waals surface area contributed by atoms with Gasteiger partial charge in [0.1, 0.15) is 5.60 Å². The van der Waals surface area contributed by atoms with E-state index in [1.807, 2.05) is 36.4 Å². The molecule has 1 aliphatic heterocycles. The molecular weight excluding hydrogens is 418 g/mol. The van der Waals surface area contributed by atoms with E-state index in [1.54, 1.807) is 0 Å². The first-order chi connectivity index (χ1) is 16.5. The molecule has 1 heterocycles. The summed E-state index contributed by atoms with van der Waals surface area (Å²) in [6, 6.07) is 28.7. The van der Waals surface area contributed by atoms with E-state index in [2.05, 4.69) is 67.3 Å². The molecule has 0 radical (unpaired) electrons. The number of aliphatic hydroxyl groups excluding tert-OH is 1. The van der Waals surface area contributed by atoms with Crippen LogP contribution < -0.4 is 0 Å². The van der Waals surface area contributed by atoms with E-state index < -0.39 is 11.7 Å². The fourth-order valence-electron chi connectivity index (χ4n) is 5.37. The summed E-state index contributed by atoms with van der Waals surface area (Å²) in [6.07, 6.45) is 3.26. The second-order valence-electron chi connectivity index (χ2n) is 10.1. The number of nitrogens with zero attached hydrogens (tertiary/aromatic N) is 1. The Kier molecular flexibility index (Phi) is 8.20. The minimum Gasteiger partial charge on any atom is -0.388 e. The fourth-order valence-corrected chi connectivity index (χ4v) is 5.37. The standard InChI is InChI=1S/C31H39NO2/c1-24(2)25-15-17-26(18-16-25)30(33)14-9-21-32-22-19-29(20-23-32)31(34,27-10-5-3-6-11-27)28-12-7-4-8-13-28/h3-8,10-13,15-18,24,29-30,33-34H,9,14,19-23H2,1-2H3/t30-/m0/s1. The van der Waals surface area contributed by atoms with Gasteiger partial charge in [-0.2, -0.15) is 0 Å². The molecule has 0 bridgehead atoms. The summed E-state index contributed by atoms with van der Waals surface area (Å²) in [6.45, 7) is 7.32.